The van der Waals surface area contributed by atoms with Crippen LogP contribution in [-0.2, 0) is 0 Å². The summed E-state index contributed by atoms with van der Waals surface area (Å²) < 4.78 is 0. The number of hydrogen-bond acceptors (Lipinski definition) is 3. The Morgan fingerprint density at radius 3 is 3.16 bits per heavy atom. The third kappa shape index (κ3) is 2.99. The molecule has 1 aliphatic rings. The van der Waals surface area contributed by atoms with Gasteiger partial charge in [0.05, 0.1) is 11.2 Å². The molecule has 0 aliphatic carbocycles. The van der Waals surface area contributed by atoms with Gasteiger partial charge in [0, 0.05) is 22.6 Å². The molecule has 19 heavy (non-hydrogen) atoms. The van der Waals surface area contributed by atoms with Gasteiger partial charge in [0.15, 0.2) is 0 Å². The maximum absolute atomic E-state index is 6.19. The molecule has 1 aromatic carbocycles. The Balaban J connectivity index is 1.90. The van der Waals surface area contributed by atoms with E-state index in [9.17, 15) is 0 Å². The Kier molecular flexibility index (Phi) is 3.85. The van der Waals surface area contributed by atoms with Gasteiger partial charge in [-0.15, -0.1) is 0 Å². The molecule has 1 aromatic heterocycles. The fourth-order valence-corrected chi connectivity index (χ4v) is 2.88. The summed E-state index contributed by atoms with van der Waals surface area (Å²) in [6, 6.07) is 8.43. The maximum atomic E-state index is 6.19. The van der Waals surface area contributed by atoms with Crippen molar-refractivity contribution in [3.8, 4) is 0 Å². The Bertz CT molecular complexity index is 562. The molecule has 3 nitrogen and oxygen atoms in total. The Morgan fingerprint density at radius 2 is 2.21 bits per heavy atom. The monoisotopic (exact) mass is 275 g/mol. The van der Waals surface area contributed by atoms with Crippen LogP contribution in [0.3, 0.4) is 0 Å². The van der Waals surface area contributed by atoms with Crippen molar-refractivity contribution >= 4 is 28.2 Å². The van der Waals surface area contributed by atoms with Crippen LogP contribution in [0.2, 0.25) is 5.02 Å². The third-order valence-electron chi connectivity index (χ3n) is 3.60. The first-order valence-corrected chi connectivity index (χ1v) is 7.22. The summed E-state index contributed by atoms with van der Waals surface area (Å²) in [5, 5.41) is 8.89. The van der Waals surface area contributed by atoms with Crippen molar-refractivity contribution in [1.29, 1.82) is 0 Å². The van der Waals surface area contributed by atoms with Gasteiger partial charge in [-0.3, -0.25) is 4.98 Å². The number of pyridine rings is 1. The molecule has 1 aliphatic heterocycles. The van der Waals surface area contributed by atoms with Crippen molar-refractivity contribution in [2.24, 2.45) is 0 Å². The largest absolute Gasteiger partial charge is 0.380 e. The fraction of sp³-hybridized carbons (Fsp3) is 0.400. The van der Waals surface area contributed by atoms with Crippen LogP contribution in [0.15, 0.2) is 30.5 Å². The second-order valence-corrected chi connectivity index (χ2v) is 5.49. The topological polar surface area (TPSA) is 37.0 Å². The molecule has 4 heteroatoms. The van der Waals surface area contributed by atoms with E-state index < -0.39 is 0 Å². The first-order chi connectivity index (χ1) is 9.33. The van der Waals surface area contributed by atoms with Crippen LogP contribution >= 0.6 is 11.6 Å². The van der Waals surface area contributed by atoms with E-state index in [0.29, 0.717) is 6.04 Å². The summed E-state index contributed by atoms with van der Waals surface area (Å²) in [4.78, 5) is 4.47. The number of anilines is 1. The summed E-state index contributed by atoms with van der Waals surface area (Å²) in [5.41, 5.74) is 2.05. The second kappa shape index (κ2) is 5.76. The number of aromatic nitrogens is 1. The molecule has 1 unspecified atom stereocenters. The van der Waals surface area contributed by atoms with Crippen molar-refractivity contribution in [1.82, 2.24) is 10.3 Å². The zero-order valence-electron chi connectivity index (χ0n) is 10.8. The molecule has 1 saturated heterocycles. The number of benzene rings is 1. The number of fused-ring (bicyclic) bond motifs is 1. The van der Waals surface area contributed by atoms with Gasteiger partial charge in [0.25, 0.3) is 0 Å². The Labute approximate surface area is 118 Å². The molecular formula is C15H18ClN3. The minimum absolute atomic E-state index is 0.499. The number of nitrogens with zero attached hydrogens (tertiary/aromatic N) is 1. The highest BCUT2D eigenvalue weighted by Crippen LogP contribution is 2.27. The molecule has 0 amide bonds. The average Bonchev–Trinajstić information content (AvgIpc) is 2.67. The Hall–Kier alpha value is -1.32. The van der Waals surface area contributed by atoms with E-state index in [0.717, 1.165) is 41.1 Å². The van der Waals surface area contributed by atoms with Gasteiger partial charge in [0.1, 0.15) is 0 Å². The lowest BCUT2D eigenvalue weighted by atomic mass is 10.1. The first kappa shape index (κ1) is 12.7. The highest BCUT2D eigenvalue weighted by molar-refractivity contribution is 6.31. The van der Waals surface area contributed by atoms with E-state index in [2.05, 4.69) is 15.6 Å². The summed E-state index contributed by atoms with van der Waals surface area (Å²) >= 11 is 6.19. The van der Waals surface area contributed by atoms with E-state index >= 15 is 0 Å². The van der Waals surface area contributed by atoms with Crippen molar-refractivity contribution in [3.05, 3.63) is 35.5 Å². The first-order valence-electron chi connectivity index (χ1n) is 6.84. The number of nitrogens with one attached hydrogen (secondary N) is 2. The Morgan fingerprint density at radius 1 is 1.26 bits per heavy atom. The quantitative estimate of drug-likeness (QED) is 0.882. The summed E-state index contributed by atoms with van der Waals surface area (Å²) in [5.74, 6) is 0. The molecule has 0 spiro atoms. The van der Waals surface area contributed by atoms with E-state index in [1.54, 1.807) is 0 Å². The van der Waals surface area contributed by atoms with E-state index in [1.807, 2.05) is 30.5 Å². The molecule has 0 saturated carbocycles. The SMILES string of the molecule is Clc1cc(NC2CCCNCC2)c2ncccc2c1. The molecule has 1 atom stereocenters. The number of hydrogen-bond donors (Lipinski definition) is 2. The fourth-order valence-electron chi connectivity index (χ4n) is 2.65. The van der Waals surface area contributed by atoms with Gasteiger partial charge in [0.2, 0.25) is 0 Å². The molecule has 0 bridgehead atoms. The van der Waals surface area contributed by atoms with Crippen LogP contribution in [0.1, 0.15) is 19.3 Å². The highest BCUT2D eigenvalue weighted by atomic mass is 35.5. The lowest BCUT2D eigenvalue weighted by Crippen LogP contribution is -2.21. The lowest BCUT2D eigenvalue weighted by molar-refractivity contribution is 0.638. The standard InChI is InChI=1S/C15H18ClN3/c16-12-9-11-3-1-7-18-15(11)14(10-12)19-13-4-2-6-17-8-5-13/h1,3,7,9-10,13,17,19H,2,4-6,8H2. The lowest BCUT2D eigenvalue weighted by Gasteiger charge is -2.18. The number of rotatable bonds is 2. The van der Waals surface area contributed by atoms with Crippen LogP contribution < -0.4 is 10.6 Å². The highest BCUT2D eigenvalue weighted by Gasteiger charge is 2.13. The maximum Gasteiger partial charge on any atom is 0.0934 e. The van der Waals surface area contributed by atoms with E-state index in [1.165, 1.54) is 12.8 Å². The average molecular weight is 276 g/mol. The van der Waals surface area contributed by atoms with Crippen LogP contribution in [0.4, 0.5) is 5.69 Å². The molecule has 0 radical (unpaired) electrons. The number of halogens is 1. The zero-order valence-corrected chi connectivity index (χ0v) is 11.6. The summed E-state index contributed by atoms with van der Waals surface area (Å²) in [6.45, 7) is 2.19. The van der Waals surface area contributed by atoms with Crippen molar-refractivity contribution in [2.75, 3.05) is 18.4 Å². The minimum Gasteiger partial charge on any atom is -0.380 e. The predicted molar refractivity (Wildman–Crippen MR) is 80.9 cm³/mol. The van der Waals surface area contributed by atoms with Crippen molar-refractivity contribution < 1.29 is 0 Å². The zero-order chi connectivity index (χ0) is 13.1. The molecule has 1 fully saturated rings. The summed E-state index contributed by atoms with van der Waals surface area (Å²) in [7, 11) is 0. The minimum atomic E-state index is 0.499. The smallest absolute Gasteiger partial charge is 0.0934 e. The molecule has 100 valence electrons. The van der Waals surface area contributed by atoms with Crippen LogP contribution in [0.5, 0.6) is 0 Å². The van der Waals surface area contributed by atoms with Gasteiger partial charge in [-0.05, 0) is 50.6 Å². The molecule has 2 heterocycles. The predicted octanol–water partition coefficient (Wildman–Crippen LogP) is 3.44. The molecule has 3 rings (SSSR count). The van der Waals surface area contributed by atoms with Gasteiger partial charge in [-0.25, -0.2) is 0 Å². The van der Waals surface area contributed by atoms with Crippen LogP contribution in [0.25, 0.3) is 10.9 Å². The van der Waals surface area contributed by atoms with Gasteiger partial charge in [-0.1, -0.05) is 17.7 Å². The molecular weight excluding hydrogens is 258 g/mol. The van der Waals surface area contributed by atoms with E-state index in [-0.39, 0.29) is 0 Å². The summed E-state index contributed by atoms with van der Waals surface area (Å²) in [6.07, 6.45) is 5.37. The van der Waals surface area contributed by atoms with Crippen LogP contribution in [-0.4, -0.2) is 24.1 Å². The molecule has 2 N–H and O–H groups in total. The van der Waals surface area contributed by atoms with Gasteiger partial charge in [-0.2, -0.15) is 0 Å². The van der Waals surface area contributed by atoms with E-state index in [4.69, 9.17) is 11.6 Å². The van der Waals surface area contributed by atoms with Crippen LogP contribution in [0, 0.1) is 0 Å². The van der Waals surface area contributed by atoms with Gasteiger partial charge >= 0.3 is 0 Å². The third-order valence-corrected chi connectivity index (χ3v) is 3.82. The van der Waals surface area contributed by atoms with Gasteiger partial charge < -0.3 is 10.6 Å². The molecule has 2 aromatic rings. The normalized spacial score (nSPS) is 20.2. The van der Waals surface area contributed by atoms with Crippen molar-refractivity contribution in [2.45, 2.75) is 25.3 Å². The second-order valence-electron chi connectivity index (χ2n) is 5.05. The van der Waals surface area contributed by atoms with Crippen molar-refractivity contribution in [3.63, 3.8) is 0 Å².